The first-order chi connectivity index (χ1) is 17.4. The summed E-state index contributed by atoms with van der Waals surface area (Å²) in [5, 5.41) is 0. The van der Waals surface area contributed by atoms with E-state index >= 15 is 8.78 Å². The highest BCUT2D eigenvalue weighted by Crippen LogP contribution is 2.40. The SMILES string of the molecule is CCCC1CCC(c2ccc(-c3ccc(OCc4ccc(OCC)c(F)c4F)cc3)c(F)c2F)CC1. The zero-order valence-electron chi connectivity index (χ0n) is 20.8. The average molecular weight is 501 g/mol. The van der Waals surface area contributed by atoms with Crippen LogP contribution in [0.2, 0.25) is 0 Å². The van der Waals surface area contributed by atoms with Crippen LogP contribution in [-0.2, 0) is 6.61 Å². The van der Waals surface area contributed by atoms with Gasteiger partial charge in [-0.2, -0.15) is 4.39 Å². The number of hydrogen-bond donors (Lipinski definition) is 0. The fraction of sp³-hybridized carbons (Fsp3) is 0.400. The van der Waals surface area contributed by atoms with Gasteiger partial charge in [-0.3, -0.25) is 0 Å². The van der Waals surface area contributed by atoms with E-state index in [0.717, 1.165) is 32.1 Å². The maximum absolute atomic E-state index is 15.0. The van der Waals surface area contributed by atoms with Gasteiger partial charge >= 0.3 is 0 Å². The second-order valence-electron chi connectivity index (χ2n) is 9.43. The molecule has 0 radical (unpaired) electrons. The number of benzene rings is 3. The molecule has 0 atom stereocenters. The monoisotopic (exact) mass is 500 g/mol. The van der Waals surface area contributed by atoms with Crippen LogP contribution in [-0.4, -0.2) is 6.61 Å². The zero-order chi connectivity index (χ0) is 25.7. The zero-order valence-corrected chi connectivity index (χ0v) is 20.8. The van der Waals surface area contributed by atoms with E-state index in [0.29, 0.717) is 22.8 Å². The van der Waals surface area contributed by atoms with E-state index in [2.05, 4.69) is 6.92 Å². The molecule has 0 bridgehead atoms. The van der Waals surface area contributed by atoms with Gasteiger partial charge in [-0.25, -0.2) is 13.2 Å². The van der Waals surface area contributed by atoms with Gasteiger partial charge in [0.15, 0.2) is 23.2 Å². The first-order valence-corrected chi connectivity index (χ1v) is 12.7. The average Bonchev–Trinajstić information content (AvgIpc) is 2.89. The van der Waals surface area contributed by atoms with Crippen molar-refractivity contribution in [2.45, 2.75) is 64.9 Å². The summed E-state index contributed by atoms with van der Waals surface area (Å²) in [6.45, 7) is 3.91. The molecule has 192 valence electrons. The van der Waals surface area contributed by atoms with Crippen molar-refractivity contribution in [3.05, 3.63) is 82.9 Å². The standard InChI is InChI=1S/C30H32F4O2/c1-3-5-19-6-8-20(9-7-19)24-15-16-25(29(33)28(24)32)21-10-13-23(14-11-21)36-18-22-12-17-26(35-4-2)30(34)27(22)31/h10-17,19-20H,3-9,18H2,1-2H3. The highest BCUT2D eigenvalue weighted by Gasteiger charge is 2.26. The Kier molecular flexibility index (Phi) is 8.55. The van der Waals surface area contributed by atoms with Gasteiger partial charge in [-0.05, 0) is 79.8 Å². The largest absolute Gasteiger partial charge is 0.491 e. The van der Waals surface area contributed by atoms with E-state index in [1.807, 2.05) is 0 Å². The Morgan fingerprint density at radius 3 is 2.11 bits per heavy atom. The van der Waals surface area contributed by atoms with Gasteiger partial charge in [0, 0.05) is 11.1 Å². The van der Waals surface area contributed by atoms with Crippen LogP contribution in [0.15, 0.2) is 48.5 Å². The molecule has 0 spiro atoms. The van der Waals surface area contributed by atoms with Gasteiger partial charge < -0.3 is 9.47 Å². The molecule has 1 aliphatic carbocycles. The van der Waals surface area contributed by atoms with Gasteiger partial charge in [0.05, 0.1) is 6.61 Å². The van der Waals surface area contributed by atoms with E-state index in [9.17, 15) is 8.78 Å². The molecule has 0 N–H and O–H groups in total. The predicted octanol–water partition coefficient (Wildman–Crippen LogP) is 8.96. The fourth-order valence-corrected chi connectivity index (χ4v) is 5.12. The van der Waals surface area contributed by atoms with E-state index in [4.69, 9.17) is 9.47 Å². The van der Waals surface area contributed by atoms with Gasteiger partial charge in [-0.1, -0.05) is 44.0 Å². The summed E-state index contributed by atoms with van der Waals surface area (Å²) in [5.74, 6) is -2.67. The minimum atomic E-state index is -1.05. The molecule has 1 saturated carbocycles. The smallest absolute Gasteiger partial charge is 0.201 e. The summed E-state index contributed by atoms with van der Waals surface area (Å²) >= 11 is 0. The van der Waals surface area contributed by atoms with Crippen molar-refractivity contribution < 1.29 is 27.0 Å². The lowest BCUT2D eigenvalue weighted by Gasteiger charge is -2.29. The number of ether oxygens (including phenoxy) is 2. The van der Waals surface area contributed by atoms with Crippen molar-refractivity contribution in [2.24, 2.45) is 5.92 Å². The van der Waals surface area contributed by atoms with Crippen molar-refractivity contribution in [3.8, 4) is 22.6 Å². The highest BCUT2D eigenvalue weighted by atomic mass is 19.2. The van der Waals surface area contributed by atoms with Gasteiger partial charge in [0.2, 0.25) is 5.82 Å². The lowest BCUT2D eigenvalue weighted by atomic mass is 9.77. The molecule has 3 aromatic carbocycles. The summed E-state index contributed by atoms with van der Waals surface area (Å²) in [5.41, 5.74) is 1.21. The van der Waals surface area contributed by atoms with Crippen LogP contribution in [0.5, 0.6) is 11.5 Å². The van der Waals surface area contributed by atoms with Crippen LogP contribution in [0, 0.1) is 29.2 Å². The molecule has 1 aliphatic rings. The number of hydrogen-bond acceptors (Lipinski definition) is 2. The maximum atomic E-state index is 15.0. The molecule has 0 unspecified atom stereocenters. The minimum absolute atomic E-state index is 0.0486. The second kappa shape index (κ2) is 11.8. The Hall–Kier alpha value is -3.02. The first-order valence-electron chi connectivity index (χ1n) is 12.7. The van der Waals surface area contributed by atoms with Crippen molar-refractivity contribution in [1.29, 1.82) is 0 Å². The van der Waals surface area contributed by atoms with E-state index in [1.165, 1.54) is 18.6 Å². The molecular weight excluding hydrogens is 468 g/mol. The van der Waals surface area contributed by atoms with Crippen molar-refractivity contribution >= 4 is 0 Å². The summed E-state index contributed by atoms with van der Waals surface area (Å²) in [7, 11) is 0. The van der Waals surface area contributed by atoms with Crippen molar-refractivity contribution in [1.82, 2.24) is 0 Å². The Labute approximate surface area is 210 Å². The summed E-state index contributed by atoms with van der Waals surface area (Å²) < 4.78 is 69.0. The fourth-order valence-electron chi connectivity index (χ4n) is 5.12. The molecule has 0 aromatic heterocycles. The molecule has 36 heavy (non-hydrogen) atoms. The third-order valence-electron chi connectivity index (χ3n) is 7.08. The lowest BCUT2D eigenvalue weighted by molar-refractivity contribution is 0.289. The Bertz CT molecular complexity index is 1170. The molecule has 0 amide bonds. The summed E-state index contributed by atoms with van der Waals surface area (Å²) in [6.07, 6.45) is 6.28. The van der Waals surface area contributed by atoms with Gasteiger partial charge in [-0.15, -0.1) is 0 Å². The Morgan fingerprint density at radius 2 is 1.44 bits per heavy atom. The predicted molar refractivity (Wildman–Crippen MR) is 133 cm³/mol. The third kappa shape index (κ3) is 5.69. The van der Waals surface area contributed by atoms with Crippen LogP contribution in [0.3, 0.4) is 0 Å². The van der Waals surface area contributed by atoms with Crippen LogP contribution in [0.1, 0.15) is 69.4 Å². The normalized spacial score (nSPS) is 17.7. The van der Waals surface area contributed by atoms with Crippen LogP contribution < -0.4 is 9.47 Å². The lowest BCUT2D eigenvalue weighted by Crippen LogP contribution is -2.14. The number of rotatable bonds is 9. The maximum Gasteiger partial charge on any atom is 0.201 e. The van der Waals surface area contributed by atoms with Crippen LogP contribution in [0.4, 0.5) is 17.6 Å². The quantitative estimate of drug-likeness (QED) is 0.273. The van der Waals surface area contributed by atoms with Crippen molar-refractivity contribution in [2.75, 3.05) is 6.61 Å². The van der Waals surface area contributed by atoms with Gasteiger partial charge in [0.1, 0.15) is 12.4 Å². The molecule has 4 rings (SSSR count). The van der Waals surface area contributed by atoms with E-state index in [1.54, 1.807) is 43.3 Å². The molecule has 1 fully saturated rings. The molecular formula is C30H32F4O2. The van der Waals surface area contributed by atoms with Crippen LogP contribution >= 0.6 is 0 Å². The molecule has 6 heteroatoms. The van der Waals surface area contributed by atoms with Crippen LogP contribution in [0.25, 0.3) is 11.1 Å². The Morgan fingerprint density at radius 1 is 0.722 bits per heavy atom. The molecule has 0 saturated heterocycles. The molecule has 3 aromatic rings. The molecule has 2 nitrogen and oxygen atoms in total. The minimum Gasteiger partial charge on any atom is -0.491 e. The second-order valence-corrected chi connectivity index (χ2v) is 9.43. The number of halogens is 4. The molecule has 0 heterocycles. The summed E-state index contributed by atoms with van der Waals surface area (Å²) in [6, 6.07) is 12.6. The van der Waals surface area contributed by atoms with Crippen molar-refractivity contribution in [3.63, 3.8) is 0 Å². The third-order valence-corrected chi connectivity index (χ3v) is 7.08. The topological polar surface area (TPSA) is 18.5 Å². The van der Waals surface area contributed by atoms with E-state index in [-0.39, 0.29) is 36.0 Å². The Balaban J connectivity index is 1.43. The summed E-state index contributed by atoms with van der Waals surface area (Å²) in [4.78, 5) is 0. The van der Waals surface area contributed by atoms with Gasteiger partial charge in [0.25, 0.3) is 0 Å². The van der Waals surface area contributed by atoms with E-state index < -0.39 is 23.3 Å². The highest BCUT2D eigenvalue weighted by molar-refractivity contribution is 5.65. The molecule has 0 aliphatic heterocycles. The first kappa shape index (κ1) is 26.1.